The van der Waals surface area contributed by atoms with Gasteiger partial charge in [-0.05, 0) is 37.0 Å². The van der Waals surface area contributed by atoms with E-state index in [-0.39, 0.29) is 17.4 Å². The molecule has 1 aliphatic heterocycles. The lowest BCUT2D eigenvalue weighted by Crippen LogP contribution is -2.44. The number of amides is 2. The molecule has 2 N–H and O–H groups in total. The third-order valence-corrected chi connectivity index (χ3v) is 6.27. The Morgan fingerprint density at radius 2 is 2.18 bits per heavy atom. The maximum absolute atomic E-state index is 12.3. The minimum absolute atomic E-state index is 0.0112. The van der Waals surface area contributed by atoms with Crippen LogP contribution >= 0.6 is 23.4 Å². The molecule has 1 atom stereocenters. The van der Waals surface area contributed by atoms with Gasteiger partial charge in [0.05, 0.1) is 0 Å². The van der Waals surface area contributed by atoms with Gasteiger partial charge in [0.1, 0.15) is 0 Å². The molecule has 150 valence electrons. The Labute approximate surface area is 174 Å². The molecule has 6 nitrogen and oxygen atoms in total. The Bertz CT molecular complexity index is 824. The molecule has 2 heterocycles. The summed E-state index contributed by atoms with van der Waals surface area (Å²) < 4.78 is 1.95. The van der Waals surface area contributed by atoms with E-state index in [0.717, 1.165) is 22.9 Å². The van der Waals surface area contributed by atoms with Crippen LogP contribution in [-0.4, -0.2) is 39.2 Å². The number of carbonyl (C=O) groups is 2. The first kappa shape index (κ1) is 20.7. The number of thioether (sulfide) groups is 1. The van der Waals surface area contributed by atoms with Gasteiger partial charge in [0, 0.05) is 55.1 Å². The molecule has 0 saturated carbocycles. The van der Waals surface area contributed by atoms with E-state index in [0.29, 0.717) is 37.3 Å². The second-order valence-electron chi connectivity index (χ2n) is 7.15. The lowest BCUT2D eigenvalue weighted by atomic mass is 9.85. The minimum atomic E-state index is -0.357. The highest BCUT2D eigenvalue weighted by Gasteiger charge is 2.37. The van der Waals surface area contributed by atoms with Crippen molar-refractivity contribution in [3.8, 4) is 0 Å². The number of nitrogens with zero attached hydrogens (tertiary/aromatic N) is 2. The van der Waals surface area contributed by atoms with Crippen LogP contribution in [0.15, 0.2) is 41.8 Å². The number of nitrogens with one attached hydrogen (secondary N) is 2. The molecule has 1 saturated heterocycles. The van der Waals surface area contributed by atoms with Gasteiger partial charge in [0.2, 0.25) is 11.8 Å². The lowest BCUT2D eigenvalue weighted by Gasteiger charge is -2.29. The average Bonchev–Trinajstić information content (AvgIpc) is 3.25. The van der Waals surface area contributed by atoms with Gasteiger partial charge in [0.25, 0.3) is 0 Å². The summed E-state index contributed by atoms with van der Waals surface area (Å²) in [6, 6.07) is 7.66. The van der Waals surface area contributed by atoms with E-state index < -0.39 is 0 Å². The van der Waals surface area contributed by atoms with Gasteiger partial charge in [-0.3, -0.25) is 9.59 Å². The van der Waals surface area contributed by atoms with E-state index in [9.17, 15) is 9.59 Å². The van der Waals surface area contributed by atoms with Crippen molar-refractivity contribution < 1.29 is 9.59 Å². The fourth-order valence-electron chi connectivity index (χ4n) is 3.44. The van der Waals surface area contributed by atoms with Crippen LogP contribution in [0.3, 0.4) is 0 Å². The maximum atomic E-state index is 12.3. The van der Waals surface area contributed by atoms with Gasteiger partial charge in [-0.1, -0.05) is 35.5 Å². The summed E-state index contributed by atoms with van der Waals surface area (Å²) in [4.78, 5) is 28.4. The first-order valence-corrected chi connectivity index (χ1v) is 10.7. The summed E-state index contributed by atoms with van der Waals surface area (Å²) in [6.45, 7) is 0.590. The van der Waals surface area contributed by atoms with Crippen LogP contribution in [0.2, 0.25) is 5.02 Å². The summed E-state index contributed by atoms with van der Waals surface area (Å²) in [5.74, 6) is 0.835. The number of hydrogen-bond donors (Lipinski definition) is 2. The second-order valence-corrected chi connectivity index (χ2v) is 8.65. The molecule has 0 bridgehead atoms. The van der Waals surface area contributed by atoms with E-state index in [1.54, 1.807) is 18.0 Å². The van der Waals surface area contributed by atoms with E-state index >= 15 is 0 Å². The fourth-order valence-corrected chi connectivity index (χ4v) is 4.35. The lowest BCUT2D eigenvalue weighted by molar-refractivity contribution is -0.122. The van der Waals surface area contributed by atoms with Crippen molar-refractivity contribution in [3.63, 3.8) is 0 Å². The summed E-state index contributed by atoms with van der Waals surface area (Å²) in [6.07, 6.45) is 6.64. The van der Waals surface area contributed by atoms with Crippen molar-refractivity contribution >= 4 is 35.2 Å². The topological polar surface area (TPSA) is 76.0 Å². The fraction of sp³-hybridized carbons (Fsp3) is 0.450. The Balaban J connectivity index is 1.46. The molecule has 1 aromatic carbocycles. The molecular formula is C20H25ClN4O2S. The van der Waals surface area contributed by atoms with E-state index in [4.69, 9.17) is 11.6 Å². The largest absolute Gasteiger partial charge is 0.355 e. The Hall–Kier alpha value is -1.99. The highest BCUT2D eigenvalue weighted by molar-refractivity contribution is 7.99. The predicted octanol–water partition coefficient (Wildman–Crippen LogP) is 2.95. The SMILES string of the molecule is Cn1ccnc1SCCNC(=O)CC[C@]1(Cc2ccc(Cl)cc2)CCC(=O)N1. The summed E-state index contributed by atoms with van der Waals surface area (Å²) in [5, 5.41) is 7.70. The number of rotatable bonds is 9. The van der Waals surface area contributed by atoms with Gasteiger partial charge >= 0.3 is 0 Å². The predicted molar refractivity (Wildman–Crippen MR) is 111 cm³/mol. The van der Waals surface area contributed by atoms with Crippen molar-refractivity contribution in [3.05, 3.63) is 47.2 Å². The van der Waals surface area contributed by atoms with Crippen LogP contribution in [0.4, 0.5) is 0 Å². The number of hydrogen-bond acceptors (Lipinski definition) is 4. The molecule has 0 unspecified atom stereocenters. The minimum Gasteiger partial charge on any atom is -0.355 e. The normalized spacial score (nSPS) is 18.9. The molecule has 8 heteroatoms. The molecule has 28 heavy (non-hydrogen) atoms. The van der Waals surface area contributed by atoms with Gasteiger partial charge in [-0.15, -0.1) is 0 Å². The number of carbonyl (C=O) groups excluding carboxylic acids is 2. The molecular weight excluding hydrogens is 396 g/mol. The standard InChI is InChI=1S/C20H25ClN4O2S/c1-25-12-10-23-19(25)28-13-11-22-17(26)6-8-20(9-7-18(27)24-20)14-15-2-4-16(21)5-3-15/h2-5,10,12H,6-9,11,13-14H2,1H3,(H,22,26)(H,24,27)/t20-/m1/s1. The molecule has 2 amide bonds. The van der Waals surface area contributed by atoms with E-state index in [1.165, 1.54) is 0 Å². The van der Waals surface area contributed by atoms with Crippen molar-refractivity contribution in [2.75, 3.05) is 12.3 Å². The van der Waals surface area contributed by atoms with Crippen LogP contribution < -0.4 is 10.6 Å². The summed E-state index contributed by atoms with van der Waals surface area (Å²) in [7, 11) is 1.95. The third-order valence-electron chi connectivity index (χ3n) is 4.95. The molecule has 2 aromatic rings. The zero-order valence-corrected chi connectivity index (χ0v) is 17.5. The highest BCUT2D eigenvalue weighted by atomic mass is 35.5. The Morgan fingerprint density at radius 3 is 2.82 bits per heavy atom. The summed E-state index contributed by atoms with van der Waals surface area (Å²) in [5.41, 5.74) is 0.753. The molecule has 0 radical (unpaired) electrons. The quantitative estimate of drug-likeness (QED) is 0.483. The van der Waals surface area contributed by atoms with Crippen LogP contribution in [0.25, 0.3) is 0 Å². The molecule has 1 aliphatic rings. The number of aryl methyl sites for hydroxylation is 1. The van der Waals surface area contributed by atoms with Crippen molar-refractivity contribution in [1.82, 2.24) is 20.2 Å². The van der Waals surface area contributed by atoms with Crippen LogP contribution in [-0.2, 0) is 23.1 Å². The number of aromatic nitrogens is 2. The third kappa shape index (κ3) is 5.75. The summed E-state index contributed by atoms with van der Waals surface area (Å²) >= 11 is 7.57. The van der Waals surface area contributed by atoms with Gasteiger partial charge in [-0.2, -0.15) is 0 Å². The number of imidazole rings is 1. The Morgan fingerprint density at radius 1 is 1.39 bits per heavy atom. The van der Waals surface area contributed by atoms with Crippen molar-refractivity contribution in [1.29, 1.82) is 0 Å². The highest BCUT2D eigenvalue weighted by Crippen LogP contribution is 2.30. The average molecular weight is 421 g/mol. The van der Waals surface area contributed by atoms with E-state index in [2.05, 4.69) is 15.6 Å². The maximum Gasteiger partial charge on any atom is 0.220 e. The molecule has 0 aliphatic carbocycles. The first-order chi connectivity index (χ1) is 13.5. The number of benzene rings is 1. The molecule has 3 rings (SSSR count). The Kier molecular flexibility index (Phi) is 7.02. The van der Waals surface area contributed by atoms with Crippen molar-refractivity contribution in [2.45, 2.75) is 42.8 Å². The second kappa shape index (κ2) is 9.47. The first-order valence-electron chi connectivity index (χ1n) is 9.38. The zero-order valence-electron chi connectivity index (χ0n) is 15.9. The zero-order chi connectivity index (χ0) is 20.0. The van der Waals surface area contributed by atoms with Crippen LogP contribution in [0, 0.1) is 0 Å². The van der Waals surface area contributed by atoms with Crippen LogP contribution in [0.1, 0.15) is 31.2 Å². The van der Waals surface area contributed by atoms with Crippen LogP contribution in [0.5, 0.6) is 0 Å². The number of halogens is 1. The monoisotopic (exact) mass is 420 g/mol. The molecule has 1 fully saturated rings. The smallest absolute Gasteiger partial charge is 0.220 e. The van der Waals surface area contributed by atoms with E-state index in [1.807, 2.05) is 42.1 Å². The van der Waals surface area contributed by atoms with Crippen molar-refractivity contribution in [2.24, 2.45) is 7.05 Å². The molecule has 1 aromatic heterocycles. The van der Waals surface area contributed by atoms with Gasteiger partial charge in [-0.25, -0.2) is 4.98 Å². The van der Waals surface area contributed by atoms with Gasteiger partial charge < -0.3 is 15.2 Å². The molecule has 0 spiro atoms. The van der Waals surface area contributed by atoms with Gasteiger partial charge in [0.15, 0.2) is 5.16 Å².